The standard InChI is InChI=1S/C26H32N4O/c1-4-7-25-28-17-22(20-11-13-27-14-12-20)26(29-25)23-8-5-6-15-30(23)18-21-16-19(2)9-10-24(21)31-3/h9-14,16-17,23H,4-8,15,18H2,1-3H3. The summed E-state index contributed by atoms with van der Waals surface area (Å²) in [5.74, 6) is 1.90. The molecule has 2 aromatic heterocycles. The molecule has 0 spiro atoms. The van der Waals surface area contributed by atoms with Crippen molar-refractivity contribution in [3.05, 3.63) is 71.6 Å². The molecule has 1 fully saturated rings. The number of pyridine rings is 1. The minimum atomic E-state index is 0.265. The first kappa shape index (κ1) is 21.4. The van der Waals surface area contributed by atoms with Crippen LogP contribution >= 0.6 is 0 Å². The molecule has 5 nitrogen and oxygen atoms in total. The highest BCUT2D eigenvalue weighted by atomic mass is 16.5. The third-order valence-electron chi connectivity index (χ3n) is 6.07. The molecule has 0 aliphatic carbocycles. The smallest absolute Gasteiger partial charge is 0.128 e. The molecule has 1 unspecified atom stereocenters. The van der Waals surface area contributed by atoms with Gasteiger partial charge in [0.15, 0.2) is 0 Å². The molecule has 1 atom stereocenters. The van der Waals surface area contributed by atoms with Crippen LogP contribution in [0.1, 0.15) is 61.3 Å². The molecule has 0 N–H and O–H groups in total. The average Bonchev–Trinajstić information content (AvgIpc) is 2.80. The monoisotopic (exact) mass is 416 g/mol. The van der Waals surface area contributed by atoms with Gasteiger partial charge < -0.3 is 4.74 Å². The van der Waals surface area contributed by atoms with Gasteiger partial charge in [0.05, 0.1) is 18.8 Å². The van der Waals surface area contributed by atoms with Gasteiger partial charge in [-0.25, -0.2) is 9.97 Å². The number of aromatic nitrogens is 3. The van der Waals surface area contributed by atoms with E-state index in [1.54, 1.807) is 7.11 Å². The van der Waals surface area contributed by atoms with Crippen molar-refractivity contribution in [2.45, 2.75) is 58.5 Å². The van der Waals surface area contributed by atoms with Crippen LogP contribution in [-0.2, 0) is 13.0 Å². The lowest BCUT2D eigenvalue weighted by Gasteiger charge is -2.36. The molecule has 0 bridgehead atoms. The zero-order chi connectivity index (χ0) is 21.6. The zero-order valence-corrected chi connectivity index (χ0v) is 18.8. The predicted octanol–water partition coefficient (Wildman–Crippen LogP) is 5.54. The number of hydrogen-bond acceptors (Lipinski definition) is 5. The van der Waals surface area contributed by atoms with Gasteiger partial charge in [0.1, 0.15) is 11.6 Å². The van der Waals surface area contributed by atoms with Gasteiger partial charge in [-0.05, 0) is 56.5 Å². The summed E-state index contributed by atoms with van der Waals surface area (Å²) in [6, 6.07) is 10.8. The van der Waals surface area contributed by atoms with E-state index in [1.165, 1.54) is 24.0 Å². The summed E-state index contributed by atoms with van der Waals surface area (Å²) < 4.78 is 5.67. The maximum atomic E-state index is 5.67. The van der Waals surface area contributed by atoms with Gasteiger partial charge in [-0.1, -0.05) is 31.0 Å². The second kappa shape index (κ2) is 10.0. The fraction of sp³-hybridized carbons (Fsp3) is 0.423. The predicted molar refractivity (Wildman–Crippen MR) is 124 cm³/mol. The van der Waals surface area contributed by atoms with Crippen molar-refractivity contribution >= 4 is 0 Å². The normalized spacial score (nSPS) is 16.9. The molecule has 4 rings (SSSR count). The molecular formula is C26H32N4O. The fourth-order valence-electron chi connectivity index (χ4n) is 4.52. The van der Waals surface area contributed by atoms with Gasteiger partial charge in [0, 0.05) is 42.7 Å². The minimum Gasteiger partial charge on any atom is -0.496 e. The molecule has 1 aromatic carbocycles. The third-order valence-corrected chi connectivity index (χ3v) is 6.07. The number of hydrogen-bond donors (Lipinski definition) is 0. The summed E-state index contributed by atoms with van der Waals surface area (Å²) in [6.45, 7) is 6.24. The van der Waals surface area contributed by atoms with Crippen LogP contribution in [0.5, 0.6) is 5.75 Å². The van der Waals surface area contributed by atoms with Crippen molar-refractivity contribution in [2.75, 3.05) is 13.7 Å². The first-order valence-electron chi connectivity index (χ1n) is 11.3. The molecule has 1 saturated heterocycles. The average molecular weight is 417 g/mol. The SMILES string of the molecule is CCCc1ncc(-c2ccncc2)c(C2CCCCN2Cc2cc(C)ccc2OC)n1. The van der Waals surface area contributed by atoms with Gasteiger partial charge in [-0.2, -0.15) is 0 Å². The molecular weight excluding hydrogens is 384 g/mol. The highest BCUT2D eigenvalue weighted by Crippen LogP contribution is 2.37. The molecule has 1 aliphatic heterocycles. The second-order valence-electron chi connectivity index (χ2n) is 8.37. The first-order chi connectivity index (χ1) is 15.2. The van der Waals surface area contributed by atoms with Crippen LogP contribution in [-0.4, -0.2) is 33.5 Å². The van der Waals surface area contributed by atoms with Crippen molar-refractivity contribution in [3.63, 3.8) is 0 Å². The summed E-state index contributed by atoms with van der Waals surface area (Å²) in [7, 11) is 1.75. The van der Waals surface area contributed by atoms with E-state index in [-0.39, 0.29) is 6.04 Å². The molecule has 3 heterocycles. The molecule has 5 heteroatoms. The lowest BCUT2D eigenvalue weighted by atomic mass is 9.93. The van der Waals surface area contributed by atoms with Gasteiger partial charge >= 0.3 is 0 Å². The topological polar surface area (TPSA) is 51.1 Å². The Hall–Kier alpha value is -2.79. The van der Waals surface area contributed by atoms with E-state index >= 15 is 0 Å². The zero-order valence-electron chi connectivity index (χ0n) is 18.8. The van der Waals surface area contributed by atoms with E-state index in [1.807, 2.05) is 18.6 Å². The number of likely N-dealkylation sites (tertiary alicyclic amines) is 1. The highest BCUT2D eigenvalue weighted by Gasteiger charge is 2.29. The quantitative estimate of drug-likeness (QED) is 0.506. The van der Waals surface area contributed by atoms with Crippen molar-refractivity contribution < 1.29 is 4.74 Å². The number of nitrogens with zero attached hydrogens (tertiary/aromatic N) is 4. The van der Waals surface area contributed by atoms with Crippen LogP contribution in [0.15, 0.2) is 48.9 Å². The summed E-state index contributed by atoms with van der Waals surface area (Å²) in [4.78, 5) is 16.6. The van der Waals surface area contributed by atoms with Gasteiger partial charge in [-0.3, -0.25) is 9.88 Å². The van der Waals surface area contributed by atoms with Crippen molar-refractivity contribution in [3.8, 4) is 16.9 Å². The molecule has 3 aromatic rings. The molecule has 31 heavy (non-hydrogen) atoms. The molecule has 0 radical (unpaired) electrons. The Labute approximate surface area is 185 Å². The number of rotatable bonds is 7. The second-order valence-corrected chi connectivity index (χ2v) is 8.37. The lowest BCUT2D eigenvalue weighted by molar-refractivity contribution is 0.136. The summed E-state index contributed by atoms with van der Waals surface area (Å²) in [6.07, 6.45) is 11.2. The summed E-state index contributed by atoms with van der Waals surface area (Å²) >= 11 is 0. The van der Waals surface area contributed by atoms with E-state index in [9.17, 15) is 0 Å². The van der Waals surface area contributed by atoms with E-state index in [0.717, 1.165) is 60.7 Å². The Bertz CT molecular complexity index is 1010. The van der Waals surface area contributed by atoms with Crippen LogP contribution < -0.4 is 4.74 Å². The van der Waals surface area contributed by atoms with Crippen LogP contribution in [0, 0.1) is 6.92 Å². The Balaban J connectivity index is 1.73. The lowest BCUT2D eigenvalue weighted by Crippen LogP contribution is -2.34. The van der Waals surface area contributed by atoms with Crippen molar-refractivity contribution in [1.29, 1.82) is 0 Å². The fourth-order valence-corrected chi connectivity index (χ4v) is 4.52. The minimum absolute atomic E-state index is 0.265. The maximum absolute atomic E-state index is 5.67. The third kappa shape index (κ3) is 4.93. The van der Waals surface area contributed by atoms with Gasteiger partial charge in [-0.15, -0.1) is 0 Å². The largest absolute Gasteiger partial charge is 0.496 e. The Morgan fingerprint density at radius 3 is 2.74 bits per heavy atom. The van der Waals surface area contributed by atoms with Crippen LogP contribution in [0.3, 0.4) is 0 Å². The number of piperidine rings is 1. The van der Waals surface area contributed by atoms with E-state index in [0.29, 0.717) is 0 Å². The molecule has 162 valence electrons. The van der Waals surface area contributed by atoms with E-state index in [2.05, 4.69) is 59.0 Å². The maximum Gasteiger partial charge on any atom is 0.128 e. The van der Waals surface area contributed by atoms with Crippen molar-refractivity contribution in [2.24, 2.45) is 0 Å². The molecule has 1 aliphatic rings. The molecule has 0 saturated carbocycles. The van der Waals surface area contributed by atoms with Gasteiger partial charge in [0.25, 0.3) is 0 Å². The Morgan fingerprint density at radius 2 is 1.97 bits per heavy atom. The highest BCUT2D eigenvalue weighted by molar-refractivity contribution is 5.65. The molecule has 0 amide bonds. The Morgan fingerprint density at radius 1 is 1.13 bits per heavy atom. The van der Waals surface area contributed by atoms with Crippen LogP contribution in [0.2, 0.25) is 0 Å². The number of methoxy groups -OCH3 is 1. The Kier molecular flexibility index (Phi) is 6.92. The van der Waals surface area contributed by atoms with E-state index in [4.69, 9.17) is 9.72 Å². The van der Waals surface area contributed by atoms with Crippen LogP contribution in [0.4, 0.5) is 0 Å². The number of aryl methyl sites for hydroxylation is 2. The van der Waals surface area contributed by atoms with Crippen LogP contribution in [0.25, 0.3) is 11.1 Å². The first-order valence-corrected chi connectivity index (χ1v) is 11.3. The van der Waals surface area contributed by atoms with Crippen molar-refractivity contribution in [1.82, 2.24) is 19.9 Å². The number of benzene rings is 1. The number of ether oxygens (including phenoxy) is 1. The van der Waals surface area contributed by atoms with E-state index < -0.39 is 0 Å². The summed E-state index contributed by atoms with van der Waals surface area (Å²) in [5, 5.41) is 0. The summed E-state index contributed by atoms with van der Waals surface area (Å²) in [5.41, 5.74) is 5.90. The van der Waals surface area contributed by atoms with Gasteiger partial charge in [0.2, 0.25) is 0 Å².